The first-order chi connectivity index (χ1) is 20.8. The van der Waals surface area contributed by atoms with Gasteiger partial charge in [-0.25, -0.2) is 10.2 Å². The number of hydrogen-bond acceptors (Lipinski definition) is 8. The predicted molar refractivity (Wildman–Crippen MR) is 161 cm³/mol. The van der Waals surface area contributed by atoms with Crippen molar-refractivity contribution in [1.82, 2.24) is 5.43 Å². The smallest absolute Gasteiger partial charge is 0.343 e. The van der Waals surface area contributed by atoms with E-state index in [0.29, 0.717) is 22.6 Å². The normalized spacial score (nSPS) is 10.5. The van der Waals surface area contributed by atoms with E-state index in [4.69, 9.17) is 14.2 Å². The number of anilines is 2. The maximum atomic E-state index is 12.8. The number of hydrogen-bond donors (Lipinski definition) is 3. The summed E-state index contributed by atoms with van der Waals surface area (Å²) < 4.78 is 15.9. The van der Waals surface area contributed by atoms with Crippen LogP contribution in [-0.2, 0) is 9.59 Å². The van der Waals surface area contributed by atoms with Crippen molar-refractivity contribution in [2.75, 3.05) is 24.9 Å². The van der Waals surface area contributed by atoms with E-state index in [0.717, 1.165) is 5.56 Å². The SMILES string of the molecule is COc1ccc(C(=O)Oc2ccc(/C=N/NC(=O)C(=O)Nc3ccccc3C(=O)Nc3cccc(C)c3)cc2OC)cc1. The zero-order valence-corrected chi connectivity index (χ0v) is 23.5. The Morgan fingerprint density at radius 1 is 0.744 bits per heavy atom. The van der Waals surface area contributed by atoms with Gasteiger partial charge in [0.1, 0.15) is 5.75 Å². The third-order valence-electron chi connectivity index (χ3n) is 6.00. The molecular weight excluding hydrogens is 552 g/mol. The zero-order chi connectivity index (χ0) is 30.8. The number of aryl methyl sites for hydroxylation is 1. The summed E-state index contributed by atoms with van der Waals surface area (Å²) in [5.41, 5.74) is 4.85. The molecule has 0 aliphatic heterocycles. The highest BCUT2D eigenvalue weighted by molar-refractivity contribution is 6.40. The highest BCUT2D eigenvalue weighted by Crippen LogP contribution is 2.28. The highest BCUT2D eigenvalue weighted by Gasteiger charge is 2.18. The summed E-state index contributed by atoms with van der Waals surface area (Å²) in [6.45, 7) is 1.90. The minimum atomic E-state index is -1.05. The van der Waals surface area contributed by atoms with Gasteiger partial charge in [-0.05, 0) is 84.8 Å². The van der Waals surface area contributed by atoms with Crippen molar-refractivity contribution >= 4 is 41.3 Å². The van der Waals surface area contributed by atoms with Crippen LogP contribution in [0.2, 0.25) is 0 Å². The lowest BCUT2D eigenvalue weighted by atomic mass is 10.1. The van der Waals surface area contributed by atoms with E-state index in [9.17, 15) is 19.2 Å². The molecule has 4 rings (SSSR count). The van der Waals surface area contributed by atoms with Crippen LogP contribution in [-0.4, -0.2) is 44.1 Å². The van der Waals surface area contributed by atoms with Gasteiger partial charge in [0.05, 0.1) is 37.2 Å². The number of benzene rings is 4. The molecule has 0 aromatic heterocycles. The number of para-hydroxylation sites is 1. The molecule has 0 bridgehead atoms. The number of rotatable bonds is 9. The van der Waals surface area contributed by atoms with E-state index in [1.165, 1.54) is 44.7 Å². The Bertz CT molecular complexity index is 1680. The van der Waals surface area contributed by atoms with E-state index in [1.807, 2.05) is 25.1 Å². The molecule has 0 heterocycles. The third kappa shape index (κ3) is 8.04. The molecule has 0 spiro atoms. The Balaban J connectivity index is 1.35. The van der Waals surface area contributed by atoms with Crippen molar-refractivity contribution in [1.29, 1.82) is 0 Å². The zero-order valence-electron chi connectivity index (χ0n) is 23.5. The van der Waals surface area contributed by atoms with Gasteiger partial charge < -0.3 is 24.8 Å². The Morgan fingerprint density at radius 2 is 1.51 bits per heavy atom. The van der Waals surface area contributed by atoms with Gasteiger partial charge in [0.2, 0.25) is 0 Å². The first-order valence-electron chi connectivity index (χ1n) is 12.9. The fourth-order valence-corrected chi connectivity index (χ4v) is 3.84. The first-order valence-corrected chi connectivity index (χ1v) is 12.9. The second-order valence-corrected chi connectivity index (χ2v) is 9.05. The number of nitrogens with zero attached hydrogens (tertiary/aromatic N) is 1. The number of ether oxygens (including phenoxy) is 3. The number of amides is 3. The van der Waals surface area contributed by atoms with Crippen molar-refractivity contribution in [2.24, 2.45) is 5.10 Å². The molecule has 43 heavy (non-hydrogen) atoms. The molecule has 3 amide bonds. The van der Waals surface area contributed by atoms with Crippen LogP contribution in [0, 0.1) is 6.92 Å². The number of nitrogens with one attached hydrogen (secondary N) is 3. The Kier molecular flexibility index (Phi) is 9.83. The number of carbonyl (C=O) groups is 4. The quantitative estimate of drug-likeness (QED) is 0.0865. The summed E-state index contributed by atoms with van der Waals surface area (Å²) in [4.78, 5) is 50.3. The lowest BCUT2D eigenvalue weighted by molar-refractivity contribution is -0.136. The molecule has 0 saturated carbocycles. The summed E-state index contributed by atoms with van der Waals surface area (Å²) in [6, 6.07) is 24.6. The second kappa shape index (κ2) is 14.1. The van der Waals surface area contributed by atoms with Crippen LogP contribution in [0.3, 0.4) is 0 Å². The number of esters is 1. The Labute approximate surface area is 247 Å². The maximum absolute atomic E-state index is 12.8. The Hall–Kier alpha value is -5.97. The lowest BCUT2D eigenvalue weighted by Crippen LogP contribution is -2.33. The second-order valence-electron chi connectivity index (χ2n) is 9.05. The van der Waals surface area contributed by atoms with Crippen molar-refractivity contribution in [3.8, 4) is 17.2 Å². The minimum absolute atomic E-state index is 0.154. The molecule has 0 fully saturated rings. The highest BCUT2D eigenvalue weighted by atomic mass is 16.6. The first kappa shape index (κ1) is 30.0. The average molecular weight is 581 g/mol. The predicted octanol–water partition coefficient (Wildman–Crippen LogP) is 4.57. The molecule has 4 aromatic carbocycles. The molecular formula is C32H28N4O7. The fraction of sp³-hybridized carbons (Fsp3) is 0.0938. The largest absolute Gasteiger partial charge is 0.497 e. The van der Waals surface area contributed by atoms with Crippen molar-refractivity contribution in [2.45, 2.75) is 6.92 Å². The average Bonchev–Trinajstić information content (AvgIpc) is 3.01. The van der Waals surface area contributed by atoms with Gasteiger partial charge in [0, 0.05) is 5.69 Å². The summed E-state index contributed by atoms with van der Waals surface area (Å²) >= 11 is 0. The maximum Gasteiger partial charge on any atom is 0.343 e. The van der Waals surface area contributed by atoms with Crippen molar-refractivity contribution in [3.05, 3.63) is 113 Å². The van der Waals surface area contributed by atoms with Crippen LogP contribution in [0.25, 0.3) is 0 Å². The third-order valence-corrected chi connectivity index (χ3v) is 6.00. The van der Waals surface area contributed by atoms with E-state index < -0.39 is 23.7 Å². The molecule has 3 N–H and O–H groups in total. The van der Waals surface area contributed by atoms with Crippen LogP contribution in [0.1, 0.15) is 31.8 Å². The van der Waals surface area contributed by atoms with E-state index in [-0.39, 0.29) is 22.7 Å². The molecule has 11 nitrogen and oxygen atoms in total. The van der Waals surface area contributed by atoms with Gasteiger partial charge in [-0.2, -0.15) is 5.10 Å². The van der Waals surface area contributed by atoms with Gasteiger partial charge in [-0.3, -0.25) is 14.4 Å². The van der Waals surface area contributed by atoms with Gasteiger partial charge in [0.15, 0.2) is 11.5 Å². The minimum Gasteiger partial charge on any atom is -0.497 e. The lowest BCUT2D eigenvalue weighted by Gasteiger charge is -2.11. The molecule has 0 radical (unpaired) electrons. The van der Waals surface area contributed by atoms with Crippen LogP contribution >= 0.6 is 0 Å². The van der Waals surface area contributed by atoms with E-state index in [2.05, 4.69) is 21.2 Å². The summed E-state index contributed by atoms with van der Waals surface area (Å²) in [6.07, 6.45) is 1.28. The fourth-order valence-electron chi connectivity index (χ4n) is 3.84. The van der Waals surface area contributed by atoms with Gasteiger partial charge >= 0.3 is 17.8 Å². The molecule has 0 atom stereocenters. The summed E-state index contributed by atoms with van der Waals surface area (Å²) in [7, 11) is 2.94. The molecule has 0 aliphatic rings. The number of methoxy groups -OCH3 is 2. The molecule has 11 heteroatoms. The molecule has 0 unspecified atom stereocenters. The van der Waals surface area contributed by atoms with E-state index >= 15 is 0 Å². The van der Waals surface area contributed by atoms with Crippen molar-refractivity contribution < 1.29 is 33.4 Å². The number of carbonyl (C=O) groups excluding carboxylic acids is 4. The molecule has 218 valence electrons. The summed E-state index contributed by atoms with van der Waals surface area (Å²) in [5.74, 6) is -2.09. The molecule has 0 saturated heterocycles. The van der Waals surface area contributed by atoms with Crippen LogP contribution in [0.15, 0.2) is 96.1 Å². The van der Waals surface area contributed by atoms with Gasteiger partial charge in [0.25, 0.3) is 5.91 Å². The van der Waals surface area contributed by atoms with E-state index in [1.54, 1.807) is 48.5 Å². The van der Waals surface area contributed by atoms with Crippen molar-refractivity contribution in [3.63, 3.8) is 0 Å². The topological polar surface area (TPSA) is 144 Å². The van der Waals surface area contributed by atoms with Crippen LogP contribution in [0.5, 0.6) is 17.2 Å². The van der Waals surface area contributed by atoms with Gasteiger partial charge in [-0.1, -0.05) is 24.3 Å². The standard InChI is InChI=1S/C32H28N4O7/c1-20-7-6-8-23(17-20)34-29(37)25-9-4-5-10-26(25)35-30(38)31(39)36-33-19-21-11-16-27(28(18-21)42-3)43-32(40)22-12-14-24(41-2)15-13-22/h4-19H,1-3H3,(H,34,37)(H,35,38)(H,36,39)/b33-19+. The molecule has 0 aliphatic carbocycles. The van der Waals surface area contributed by atoms with Gasteiger partial charge in [-0.15, -0.1) is 0 Å². The number of hydrazone groups is 1. The van der Waals surface area contributed by atoms with Crippen LogP contribution < -0.4 is 30.3 Å². The van der Waals surface area contributed by atoms with Crippen LogP contribution in [0.4, 0.5) is 11.4 Å². The summed E-state index contributed by atoms with van der Waals surface area (Å²) in [5, 5.41) is 9.03. The monoisotopic (exact) mass is 580 g/mol. The molecule has 4 aromatic rings. The Morgan fingerprint density at radius 3 is 2.23 bits per heavy atom.